The zero-order valence-electron chi connectivity index (χ0n) is 8.67. The maximum Gasteiger partial charge on any atom is 0.420 e. The van der Waals surface area contributed by atoms with Crippen molar-refractivity contribution in [3.8, 4) is 5.75 Å². The summed E-state index contributed by atoms with van der Waals surface area (Å²) in [7, 11) is 1.28. The van der Waals surface area contributed by atoms with Crippen LogP contribution >= 0.6 is 0 Å². The first-order chi connectivity index (χ1) is 7.97. The van der Waals surface area contributed by atoms with Gasteiger partial charge < -0.3 is 9.15 Å². The van der Waals surface area contributed by atoms with Gasteiger partial charge in [-0.3, -0.25) is 4.79 Å². The molecule has 3 nitrogen and oxygen atoms in total. The predicted molar refractivity (Wildman–Crippen MR) is 53.2 cm³/mol. The zero-order chi connectivity index (χ0) is 12.6. The monoisotopic (exact) mass is 244 g/mol. The van der Waals surface area contributed by atoms with E-state index in [1.54, 1.807) is 0 Å². The number of furan rings is 1. The Bertz CT molecular complexity index is 569. The van der Waals surface area contributed by atoms with Gasteiger partial charge in [-0.2, -0.15) is 13.2 Å². The first-order valence-corrected chi connectivity index (χ1v) is 4.59. The van der Waals surface area contributed by atoms with Crippen LogP contribution in [0.3, 0.4) is 0 Å². The van der Waals surface area contributed by atoms with E-state index in [0.29, 0.717) is 12.5 Å². The van der Waals surface area contributed by atoms with Crippen LogP contribution in [0.4, 0.5) is 13.2 Å². The maximum atomic E-state index is 12.6. The molecule has 17 heavy (non-hydrogen) atoms. The molecule has 0 amide bonds. The molecule has 0 saturated carbocycles. The minimum absolute atomic E-state index is 0.000208. The van der Waals surface area contributed by atoms with Gasteiger partial charge in [0.1, 0.15) is 23.2 Å². The van der Waals surface area contributed by atoms with Crippen LogP contribution in [-0.2, 0) is 6.18 Å². The number of fused-ring (bicyclic) bond motifs is 1. The lowest BCUT2D eigenvalue weighted by Gasteiger charge is -2.05. The highest BCUT2D eigenvalue weighted by Gasteiger charge is 2.35. The number of ether oxygens (including phenoxy) is 1. The van der Waals surface area contributed by atoms with Crippen molar-refractivity contribution in [2.24, 2.45) is 0 Å². The molecule has 0 N–H and O–H groups in total. The summed E-state index contributed by atoms with van der Waals surface area (Å²) in [6.07, 6.45) is -3.38. The second kappa shape index (κ2) is 3.80. The maximum absolute atomic E-state index is 12.6. The lowest BCUT2D eigenvalue weighted by atomic mass is 10.1. The third-order valence-electron chi connectivity index (χ3n) is 2.36. The van der Waals surface area contributed by atoms with Crippen LogP contribution in [0.25, 0.3) is 11.0 Å². The number of hydrogen-bond acceptors (Lipinski definition) is 3. The summed E-state index contributed by atoms with van der Waals surface area (Å²) in [5.74, 6) is 0.0828. The Morgan fingerprint density at radius 3 is 2.59 bits per heavy atom. The molecule has 0 fully saturated rings. The van der Waals surface area contributed by atoms with Gasteiger partial charge >= 0.3 is 6.18 Å². The number of hydrogen-bond donors (Lipinski definition) is 0. The molecular weight excluding hydrogens is 237 g/mol. The number of carbonyl (C=O) groups is 1. The minimum Gasteiger partial charge on any atom is -0.496 e. The Hall–Kier alpha value is -1.98. The molecule has 1 aromatic carbocycles. The molecule has 0 bridgehead atoms. The van der Waals surface area contributed by atoms with E-state index in [9.17, 15) is 18.0 Å². The smallest absolute Gasteiger partial charge is 0.420 e. The van der Waals surface area contributed by atoms with Crippen molar-refractivity contribution < 1.29 is 27.1 Å². The van der Waals surface area contributed by atoms with Gasteiger partial charge in [-0.25, -0.2) is 0 Å². The third kappa shape index (κ3) is 1.86. The van der Waals surface area contributed by atoms with Crippen molar-refractivity contribution in [2.75, 3.05) is 7.11 Å². The molecule has 0 unspecified atom stereocenters. The standard InChI is InChI=1S/C11H7F3O3/c1-16-9-3-7-8(11(12,13)14)5-17-10(7)2-6(9)4-15/h2-5H,1H3. The van der Waals surface area contributed by atoms with Gasteiger partial charge in [0.15, 0.2) is 6.29 Å². The van der Waals surface area contributed by atoms with Crippen molar-refractivity contribution in [2.45, 2.75) is 6.18 Å². The van der Waals surface area contributed by atoms with E-state index in [0.717, 1.165) is 6.07 Å². The zero-order valence-corrected chi connectivity index (χ0v) is 8.67. The molecule has 2 aromatic rings. The normalized spacial score (nSPS) is 11.8. The van der Waals surface area contributed by atoms with Crippen LogP contribution in [0, 0.1) is 0 Å². The van der Waals surface area contributed by atoms with Crippen LogP contribution in [0.1, 0.15) is 15.9 Å². The fraction of sp³-hybridized carbons (Fsp3) is 0.182. The summed E-state index contributed by atoms with van der Waals surface area (Å²) in [4.78, 5) is 10.7. The van der Waals surface area contributed by atoms with E-state index in [2.05, 4.69) is 0 Å². The largest absolute Gasteiger partial charge is 0.496 e. The molecule has 2 rings (SSSR count). The molecule has 0 aliphatic heterocycles. The highest BCUT2D eigenvalue weighted by molar-refractivity contribution is 5.91. The second-order valence-electron chi connectivity index (χ2n) is 3.36. The Kier molecular flexibility index (Phi) is 2.57. The molecule has 0 radical (unpaired) electrons. The number of halogens is 3. The summed E-state index contributed by atoms with van der Waals surface area (Å²) in [6, 6.07) is 2.36. The molecule has 0 spiro atoms. The van der Waals surface area contributed by atoms with E-state index >= 15 is 0 Å². The van der Waals surface area contributed by atoms with Crippen LogP contribution in [0.5, 0.6) is 5.75 Å². The van der Waals surface area contributed by atoms with E-state index in [4.69, 9.17) is 9.15 Å². The Balaban J connectivity index is 2.74. The Morgan fingerprint density at radius 2 is 2.06 bits per heavy atom. The number of aldehydes is 1. The van der Waals surface area contributed by atoms with Crippen LogP contribution in [-0.4, -0.2) is 13.4 Å². The molecule has 0 saturated heterocycles. The van der Waals surface area contributed by atoms with Gasteiger partial charge in [-0.15, -0.1) is 0 Å². The summed E-state index contributed by atoms with van der Waals surface area (Å²) in [5.41, 5.74) is -0.744. The summed E-state index contributed by atoms with van der Waals surface area (Å²) in [5, 5.41) is -0.125. The van der Waals surface area contributed by atoms with Gasteiger partial charge in [-0.05, 0) is 12.1 Å². The Morgan fingerprint density at radius 1 is 1.35 bits per heavy atom. The summed E-state index contributed by atoms with van der Waals surface area (Å²) in [6.45, 7) is 0. The quantitative estimate of drug-likeness (QED) is 0.761. The molecule has 1 heterocycles. The predicted octanol–water partition coefficient (Wildman–Crippen LogP) is 3.27. The molecule has 0 atom stereocenters. The van der Waals surface area contributed by atoms with Crippen LogP contribution < -0.4 is 4.74 Å². The molecule has 90 valence electrons. The number of methoxy groups -OCH3 is 1. The number of benzene rings is 1. The van der Waals surface area contributed by atoms with Gasteiger partial charge in [-0.1, -0.05) is 0 Å². The first-order valence-electron chi connectivity index (χ1n) is 4.59. The van der Waals surface area contributed by atoms with Crippen molar-refractivity contribution in [1.82, 2.24) is 0 Å². The minimum atomic E-state index is -4.50. The first kappa shape index (κ1) is 11.5. The van der Waals surface area contributed by atoms with E-state index in [-0.39, 0.29) is 22.3 Å². The van der Waals surface area contributed by atoms with Crippen molar-refractivity contribution in [3.05, 3.63) is 29.5 Å². The van der Waals surface area contributed by atoms with Gasteiger partial charge in [0.2, 0.25) is 0 Å². The van der Waals surface area contributed by atoms with Gasteiger partial charge in [0.05, 0.1) is 12.7 Å². The highest BCUT2D eigenvalue weighted by atomic mass is 19.4. The fourth-order valence-corrected chi connectivity index (χ4v) is 1.56. The second-order valence-corrected chi connectivity index (χ2v) is 3.36. The summed E-state index contributed by atoms with van der Waals surface area (Å²) < 4.78 is 47.4. The SMILES string of the molecule is COc1cc2c(C(F)(F)F)coc2cc1C=O. The van der Waals surface area contributed by atoms with Crippen LogP contribution in [0.15, 0.2) is 22.8 Å². The van der Waals surface area contributed by atoms with Crippen molar-refractivity contribution in [3.63, 3.8) is 0 Å². The number of carbonyl (C=O) groups excluding carboxylic acids is 1. The van der Waals surface area contributed by atoms with Crippen molar-refractivity contribution >= 4 is 17.3 Å². The average Bonchev–Trinajstić information content (AvgIpc) is 2.69. The third-order valence-corrected chi connectivity index (χ3v) is 2.36. The molecule has 0 aliphatic carbocycles. The topological polar surface area (TPSA) is 39.4 Å². The molecule has 0 aliphatic rings. The van der Waals surface area contributed by atoms with Gasteiger partial charge in [0, 0.05) is 5.39 Å². The van der Waals surface area contributed by atoms with Crippen molar-refractivity contribution in [1.29, 1.82) is 0 Å². The van der Waals surface area contributed by atoms with Crippen LogP contribution in [0.2, 0.25) is 0 Å². The average molecular weight is 244 g/mol. The fourth-order valence-electron chi connectivity index (χ4n) is 1.56. The van der Waals surface area contributed by atoms with Gasteiger partial charge in [0.25, 0.3) is 0 Å². The van der Waals surface area contributed by atoms with E-state index < -0.39 is 11.7 Å². The molecular formula is C11H7F3O3. The van der Waals surface area contributed by atoms with E-state index in [1.807, 2.05) is 0 Å². The lowest BCUT2D eigenvalue weighted by molar-refractivity contribution is -0.136. The number of alkyl halides is 3. The highest BCUT2D eigenvalue weighted by Crippen LogP contribution is 2.38. The number of rotatable bonds is 2. The molecule has 1 aromatic heterocycles. The lowest BCUT2D eigenvalue weighted by Crippen LogP contribution is -2.03. The molecule has 6 heteroatoms. The summed E-state index contributed by atoms with van der Waals surface area (Å²) >= 11 is 0. The Labute approximate surface area is 93.8 Å². The van der Waals surface area contributed by atoms with E-state index in [1.165, 1.54) is 13.2 Å².